The highest BCUT2D eigenvalue weighted by Crippen LogP contribution is 2.30. The first kappa shape index (κ1) is 21.7. The number of carbonyl (C=O) groups excluding carboxylic acids is 3. The Morgan fingerprint density at radius 3 is 2.54 bits per heavy atom. The zero-order valence-corrected chi connectivity index (χ0v) is 16.3. The Hall–Kier alpha value is -2.34. The molecule has 0 heterocycles. The van der Waals surface area contributed by atoms with Crippen molar-refractivity contribution in [3.8, 4) is 0 Å². The van der Waals surface area contributed by atoms with E-state index in [-0.39, 0.29) is 11.8 Å². The molecule has 1 rings (SSSR count). The number of benzene rings is 1. The van der Waals surface area contributed by atoms with Crippen molar-refractivity contribution in [2.45, 2.75) is 39.7 Å². The van der Waals surface area contributed by atoms with Crippen molar-refractivity contribution in [3.63, 3.8) is 0 Å². The molecule has 7 heteroatoms. The van der Waals surface area contributed by atoms with Crippen molar-refractivity contribution in [1.29, 1.82) is 0 Å². The number of hydrogen-bond acceptors (Lipinski definition) is 4. The van der Waals surface area contributed by atoms with Crippen LogP contribution in [0, 0.1) is 5.92 Å². The number of nitrogens with one attached hydrogen (secondary N) is 1. The van der Waals surface area contributed by atoms with Gasteiger partial charge in [0.2, 0.25) is 11.8 Å². The van der Waals surface area contributed by atoms with E-state index in [2.05, 4.69) is 5.32 Å². The van der Waals surface area contributed by atoms with E-state index in [0.717, 1.165) is 6.42 Å². The Kier molecular flexibility index (Phi) is 8.32. The second-order valence-electron chi connectivity index (χ2n) is 6.37. The average molecular weight is 380 g/mol. The first-order chi connectivity index (χ1) is 12.2. The van der Waals surface area contributed by atoms with Gasteiger partial charge in [-0.1, -0.05) is 31.9 Å². The Morgan fingerprint density at radius 1 is 1.35 bits per heavy atom. The van der Waals surface area contributed by atoms with E-state index in [4.69, 9.17) is 17.3 Å². The van der Waals surface area contributed by atoms with E-state index in [9.17, 15) is 14.4 Å². The molecule has 0 saturated heterocycles. The van der Waals surface area contributed by atoms with Gasteiger partial charge >= 0.3 is 0 Å². The number of primary amides is 1. The van der Waals surface area contributed by atoms with E-state index in [1.54, 1.807) is 43.3 Å². The summed E-state index contributed by atoms with van der Waals surface area (Å²) >= 11 is 6.25. The molecule has 0 fully saturated rings. The van der Waals surface area contributed by atoms with Crippen LogP contribution < -0.4 is 11.1 Å². The van der Waals surface area contributed by atoms with Gasteiger partial charge in [-0.3, -0.25) is 14.4 Å². The topological polar surface area (TPSA) is 92.5 Å². The summed E-state index contributed by atoms with van der Waals surface area (Å²) in [6.07, 6.45) is 5.20. The standard InChI is InChI=1S/C19H26ClN3O3/c1-5-12(2)10-17(25)22-18-15(14(11-24)6-7-16(18)20)8-9-23(4)13(3)19(21)26/h6-9,11-13H,5,10H2,1-4H3,(H2,21,26)(H,22,25)/b9-8-/t12?,13-/m1/s1. The number of halogens is 1. The van der Waals surface area contributed by atoms with Crippen LogP contribution in [-0.2, 0) is 9.59 Å². The molecule has 2 atom stereocenters. The highest BCUT2D eigenvalue weighted by Gasteiger charge is 2.16. The lowest BCUT2D eigenvalue weighted by Gasteiger charge is -2.20. The number of nitrogens with zero attached hydrogens (tertiary/aromatic N) is 1. The number of likely N-dealkylation sites (N-methyl/N-ethyl adjacent to an activating group) is 1. The molecule has 0 aliphatic carbocycles. The molecule has 0 aliphatic rings. The third kappa shape index (κ3) is 5.88. The molecule has 1 unspecified atom stereocenters. The van der Waals surface area contributed by atoms with Gasteiger partial charge in [-0.25, -0.2) is 0 Å². The third-order valence-electron chi connectivity index (χ3n) is 4.35. The molecular weight excluding hydrogens is 354 g/mol. The molecular formula is C19H26ClN3O3. The number of amides is 2. The molecule has 26 heavy (non-hydrogen) atoms. The minimum atomic E-state index is -0.520. The van der Waals surface area contributed by atoms with Crippen LogP contribution in [0.2, 0.25) is 5.02 Å². The maximum absolute atomic E-state index is 12.3. The molecule has 0 aliphatic heterocycles. The summed E-state index contributed by atoms with van der Waals surface area (Å²) in [7, 11) is 1.69. The van der Waals surface area contributed by atoms with Gasteiger partial charge in [0, 0.05) is 30.8 Å². The quantitative estimate of drug-likeness (QED) is 0.644. The molecule has 0 aromatic heterocycles. The smallest absolute Gasteiger partial charge is 0.239 e. The van der Waals surface area contributed by atoms with Crippen molar-refractivity contribution in [2.75, 3.05) is 12.4 Å². The van der Waals surface area contributed by atoms with Crippen LogP contribution in [0.15, 0.2) is 18.3 Å². The Balaban J connectivity index is 3.20. The second-order valence-corrected chi connectivity index (χ2v) is 6.78. The second kappa shape index (κ2) is 9.97. The number of carbonyl (C=O) groups is 3. The molecule has 0 bridgehead atoms. The molecule has 1 aromatic carbocycles. The Morgan fingerprint density at radius 2 is 2.00 bits per heavy atom. The molecule has 142 valence electrons. The maximum atomic E-state index is 12.3. The zero-order valence-electron chi connectivity index (χ0n) is 15.6. The summed E-state index contributed by atoms with van der Waals surface area (Å²) in [6.45, 7) is 5.67. The molecule has 3 N–H and O–H groups in total. The molecule has 0 radical (unpaired) electrons. The maximum Gasteiger partial charge on any atom is 0.239 e. The minimum Gasteiger partial charge on any atom is -0.369 e. The lowest BCUT2D eigenvalue weighted by atomic mass is 10.0. The summed E-state index contributed by atoms with van der Waals surface area (Å²) in [5.41, 5.74) is 6.53. The van der Waals surface area contributed by atoms with Gasteiger partial charge < -0.3 is 16.0 Å². The summed E-state index contributed by atoms with van der Waals surface area (Å²) in [4.78, 5) is 36.6. The monoisotopic (exact) mass is 379 g/mol. The summed E-state index contributed by atoms with van der Waals surface area (Å²) in [5, 5.41) is 3.14. The number of hydrogen-bond donors (Lipinski definition) is 2. The van der Waals surface area contributed by atoms with Gasteiger partial charge in [-0.05, 0) is 31.1 Å². The first-order valence-electron chi connectivity index (χ1n) is 8.48. The first-order valence-corrected chi connectivity index (χ1v) is 8.86. The lowest BCUT2D eigenvalue weighted by molar-refractivity contribution is -0.121. The van der Waals surface area contributed by atoms with Crippen molar-refractivity contribution in [2.24, 2.45) is 11.7 Å². The number of aldehydes is 1. The van der Waals surface area contributed by atoms with Crippen LogP contribution in [0.5, 0.6) is 0 Å². The fraction of sp³-hybridized carbons (Fsp3) is 0.421. The lowest BCUT2D eigenvalue weighted by Crippen LogP contribution is -2.37. The van der Waals surface area contributed by atoms with Gasteiger partial charge in [0.05, 0.1) is 10.7 Å². The molecule has 0 spiro atoms. The molecule has 1 aromatic rings. The van der Waals surface area contributed by atoms with Crippen molar-refractivity contribution in [3.05, 3.63) is 34.5 Å². The number of nitrogens with two attached hydrogens (primary N) is 1. The van der Waals surface area contributed by atoms with Crippen molar-refractivity contribution in [1.82, 2.24) is 4.90 Å². The number of anilines is 1. The predicted molar refractivity (Wildman–Crippen MR) is 105 cm³/mol. The summed E-state index contributed by atoms with van der Waals surface area (Å²) in [6, 6.07) is 2.63. The molecule has 0 saturated carbocycles. The van der Waals surface area contributed by atoms with Crippen LogP contribution in [0.1, 0.15) is 49.5 Å². The highest BCUT2D eigenvalue weighted by atomic mass is 35.5. The fourth-order valence-corrected chi connectivity index (χ4v) is 2.40. The van der Waals surface area contributed by atoms with E-state index in [1.807, 2.05) is 13.8 Å². The van der Waals surface area contributed by atoms with Gasteiger partial charge in [-0.2, -0.15) is 0 Å². The SMILES string of the molecule is CCC(C)CC(=O)Nc1c(Cl)ccc(C=O)c1/C=C\N(C)[C@H](C)C(N)=O. The Bertz CT molecular complexity index is 704. The third-order valence-corrected chi connectivity index (χ3v) is 4.66. The predicted octanol–water partition coefficient (Wildman–Crippen LogP) is 3.30. The van der Waals surface area contributed by atoms with E-state index in [1.165, 1.54) is 0 Å². The number of rotatable bonds is 9. The highest BCUT2D eigenvalue weighted by molar-refractivity contribution is 6.34. The van der Waals surface area contributed by atoms with E-state index in [0.29, 0.717) is 34.5 Å². The van der Waals surface area contributed by atoms with Crippen LogP contribution in [0.3, 0.4) is 0 Å². The normalized spacial score (nSPS) is 13.3. The van der Waals surface area contributed by atoms with Crippen LogP contribution in [-0.4, -0.2) is 36.1 Å². The van der Waals surface area contributed by atoms with Crippen LogP contribution >= 0.6 is 11.6 Å². The van der Waals surface area contributed by atoms with Gasteiger partial charge in [0.1, 0.15) is 6.04 Å². The van der Waals surface area contributed by atoms with E-state index >= 15 is 0 Å². The van der Waals surface area contributed by atoms with E-state index < -0.39 is 11.9 Å². The minimum absolute atomic E-state index is 0.169. The average Bonchev–Trinajstić information content (AvgIpc) is 2.60. The fourth-order valence-electron chi connectivity index (χ4n) is 2.19. The molecule has 6 nitrogen and oxygen atoms in total. The van der Waals surface area contributed by atoms with Crippen molar-refractivity contribution < 1.29 is 14.4 Å². The largest absolute Gasteiger partial charge is 0.369 e. The van der Waals surface area contributed by atoms with Gasteiger partial charge in [0.15, 0.2) is 6.29 Å². The summed E-state index contributed by atoms with van der Waals surface area (Å²) in [5.74, 6) is -0.400. The Labute approximate surface area is 159 Å². The summed E-state index contributed by atoms with van der Waals surface area (Å²) < 4.78 is 0. The van der Waals surface area contributed by atoms with Crippen molar-refractivity contribution >= 4 is 41.5 Å². The van der Waals surface area contributed by atoms with Crippen LogP contribution in [0.4, 0.5) is 5.69 Å². The zero-order chi connectivity index (χ0) is 19.9. The van der Waals surface area contributed by atoms with Gasteiger partial charge in [0.25, 0.3) is 0 Å². The van der Waals surface area contributed by atoms with Gasteiger partial charge in [-0.15, -0.1) is 0 Å². The molecule has 2 amide bonds. The van der Waals surface area contributed by atoms with Crippen LogP contribution in [0.25, 0.3) is 6.08 Å².